The Hall–Kier alpha value is -3.00. The van der Waals surface area contributed by atoms with E-state index in [4.69, 9.17) is 4.74 Å². The molecule has 0 aliphatic carbocycles. The van der Waals surface area contributed by atoms with Gasteiger partial charge in [-0.05, 0) is 53.2 Å². The highest BCUT2D eigenvalue weighted by atomic mass is 79.9. The van der Waals surface area contributed by atoms with Crippen LogP contribution in [-0.4, -0.2) is 27.1 Å². The Bertz CT molecular complexity index is 967. The van der Waals surface area contributed by atoms with Crippen molar-refractivity contribution < 1.29 is 19.0 Å². The zero-order valence-corrected chi connectivity index (χ0v) is 15.8. The predicted octanol–water partition coefficient (Wildman–Crippen LogP) is 4.16. The van der Waals surface area contributed by atoms with E-state index in [1.165, 1.54) is 30.6 Å². The average Bonchev–Trinajstić information content (AvgIpc) is 2.64. The molecule has 0 aliphatic heterocycles. The summed E-state index contributed by atoms with van der Waals surface area (Å²) in [6.45, 7) is 1.58. The second-order valence-electron chi connectivity index (χ2n) is 5.67. The number of nitrogens with one attached hydrogen (secondary N) is 1. The number of amides is 1. The first-order chi connectivity index (χ1) is 12.9. The van der Waals surface area contributed by atoms with E-state index in [2.05, 4.69) is 31.2 Å². The standard InChI is InChI=1S/C19H15BrFN3O3/c1-11(27-17-6-5-13(21)8-16(17)20)19(26)24-14-9-22-18(23-10-14)12-3-2-4-15(25)7-12/h2-11,25H,1H3,(H,24,26). The van der Waals surface area contributed by atoms with Crippen LogP contribution in [0.25, 0.3) is 11.4 Å². The Balaban J connectivity index is 1.65. The molecule has 1 heterocycles. The van der Waals surface area contributed by atoms with E-state index in [0.29, 0.717) is 27.3 Å². The number of hydrogen-bond acceptors (Lipinski definition) is 5. The number of ether oxygens (including phenoxy) is 1. The average molecular weight is 432 g/mol. The molecule has 0 saturated heterocycles. The van der Waals surface area contributed by atoms with Crippen molar-refractivity contribution >= 4 is 27.5 Å². The first-order valence-electron chi connectivity index (χ1n) is 7.96. The number of anilines is 1. The van der Waals surface area contributed by atoms with E-state index < -0.39 is 17.8 Å². The number of hydrogen-bond donors (Lipinski definition) is 2. The summed E-state index contributed by atoms with van der Waals surface area (Å²) in [4.78, 5) is 20.6. The van der Waals surface area contributed by atoms with Crippen molar-refractivity contribution in [2.24, 2.45) is 0 Å². The number of halogens is 2. The number of aromatic hydroxyl groups is 1. The summed E-state index contributed by atoms with van der Waals surface area (Å²) in [5, 5.41) is 12.2. The minimum absolute atomic E-state index is 0.117. The van der Waals surface area contributed by atoms with Crippen LogP contribution in [0.1, 0.15) is 6.92 Å². The van der Waals surface area contributed by atoms with Crippen molar-refractivity contribution in [2.45, 2.75) is 13.0 Å². The van der Waals surface area contributed by atoms with Crippen LogP contribution in [0, 0.1) is 5.82 Å². The lowest BCUT2D eigenvalue weighted by molar-refractivity contribution is -0.122. The van der Waals surface area contributed by atoms with Crippen molar-refractivity contribution in [2.75, 3.05) is 5.32 Å². The molecule has 0 spiro atoms. The third-order valence-corrected chi connectivity index (χ3v) is 4.21. The topological polar surface area (TPSA) is 84.3 Å². The van der Waals surface area contributed by atoms with Crippen LogP contribution < -0.4 is 10.1 Å². The van der Waals surface area contributed by atoms with Gasteiger partial charge in [0.05, 0.1) is 22.6 Å². The molecule has 2 N–H and O–H groups in total. The van der Waals surface area contributed by atoms with Crippen molar-refractivity contribution in [3.05, 3.63) is 65.1 Å². The van der Waals surface area contributed by atoms with Gasteiger partial charge >= 0.3 is 0 Å². The Morgan fingerprint density at radius 2 is 1.96 bits per heavy atom. The molecule has 8 heteroatoms. The molecular formula is C19H15BrFN3O3. The lowest BCUT2D eigenvalue weighted by atomic mass is 10.2. The van der Waals surface area contributed by atoms with Gasteiger partial charge in [0.1, 0.15) is 17.3 Å². The molecule has 6 nitrogen and oxygen atoms in total. The van der Waals surface area contributed by atoms with Crippen LogP contribution in [0.5, 0.6) is 11.5 Å². The first kappa shape index (κ1) is 18.8. The number of aromatic nitrogens is 2. The number of nitrogens with zero attached hydrogens (tertiary/aromatic N) is 2. The lowest BCUT2D eigenvalue weighted by Gasteiger charge is -2.15. The minimum atomic E-state index is -0.822. The van der Waals surface area contributed by atoms with Gasteiger partial charge in [0.2, 0.25) is 0 Å². The second kappa shape index (κ2) is 8.13. The summed E-state index contributed by atoms with van der Waals surface area (Å²) in [6, 6.07) is 10.5. The van der Waals surface area contributed by atoms with Crippen LogP contribution >= 0.6 is 15.9 Å². The van der Waals surface area contributed by atoms with E-state index in [1.807, 2.05) is 0 Å². The highest BCUT2D eigenvalue weighted by Crippen LogP contribution is 2.26. The van der Waals surface area contributed by atoms with Gasteiger partial charge in [-0.2, -0.15) is 0 Å². The zero-order valence-electron chi connectivity index (χ0n) is 14.2. The van der Waals surface area contributed by atoms with Crippen LogP contribution in [0.4, 0.5) is 10.1 Å². The van der Waals surface area contributed by atoms with E-state index in [0.717, 1.165) is 0 Å². The summed E-state index contributed by atoms with van der Waals surface area (Å²) < 4.78 is 19.1. The largest absolute Gasteiger partial charge is 0.508 e. The smallest absolute Gasteiger partial charge is 0.265 e. The molecule has 27 heavy (non-hydrogen) atoms. The molecule has 2 aromatic carbocycles. The highest BCUT2D eigenvalue weighted by molar-refractivity contribution is 9.10. The monoisotopic (exact) mass is 431 g/mol. The van der Waals surface area contributed by atoms with Crippen LogP contribution in [-0.2, 0) is 4.79 Å². The van der Waals surface area contributed by atoms with E-state index in [9.17, 15) is 14.3 Å². The first-order valence-corrected chi connectivity index (χ1v) is 8.75. The summed E-state index contributed by atoms with van der Waals surface area (Å²) in [5.41, 5.74) is 1.06. The lowest BCUT2D eigenvalue weighted by Crippen LogP contribution is -2.30. The molecule has 0 radical (unpaired) electrons. The Kier molecular flexibility index (Phi) is 5.66. The molecule has 0 saturated carbocycles. The summed E-state index contributed by atoms with van der Waals surface area (Å²) in [5.74, 6) is 0.0830. The van der Waals surface area contributed by atoms with E-state index in [-0.39, 0.29) is 5.75 Å². The van der Waals surface area contributed by atoms with Gasteiger partial charge < -0.3 is 15.2 Å². The second-order valence-corrected chi connectivity index (χ2v) is 6.52. The predicted molar refractivity (Wildman–Crippen MR) is 102 cm³/mol. The Morgan fingerprint density at radius 1 is 1.22 bits per heavy atom. The normalized spacial score (nSPS) is 11.7. The Labute approximate surface area is 163 Å². The van der Waals surface area contributed by atoms with Crippen molar-refractivity contribution in [3.8, 4) is 22.9 Å². The van der Waals surface area contributed by atoms with Gasteiger partial charge in [-0.3, -0.25) is 4.79 Å². The van der Waals surface area contributed by atoms with Crippen molar-refractivity contribution in [1.29, 1.82) is 0 Å². The van der Waals surface area contributed by atoms with Crippen LogP contribution in [0.3, 0.4) is 0 Å². The van der Waals surface area contributed by atoms with Crippen molar-refractivity contribution in [1.82, 2.24) is 9.97 Å². The molecule has 1 amide bonds. The zero-order chi connectivity index (χ0) is 19.4. The number of phenolic OH excluding ortho intramolecular Hbond substituents is 1. The van der Waals surface area contributed by atoms with Gasteiger partial charge in [0.25, 0.3) is 5.91 Å². The molecule has 3 rings (SSSR count). The molecule has 0 fully saturated rings. The fraction of sp³-hybridized carbons (Fsp3) is 0.105. The quantitative estimate of drug-likeness (QED) is 0.633. The number of benzene rings is 2. The fourth-order valence-corrected chi connectivity index (χ4v) is 2.69. The third kappa shape index (κ3) is 4.79. The fourth-order valence-electron chi connectivity index (χ4n) is 2.25. The number of phenols is 1. The van der Waals surface area contributed by atoms with Crippen molar-refractivity contribution in [3.63, 3.8) is 0 Å². The molecular weight excluding hydrogens is 417 g/mol. The van der Waals surface area contributed by atoms with Gasteiger partial charge in [-0.25, -0.2) is 14.4 Å². The molecule has 3 aromatic rings. The maximum absolute atomic E-state index is 13.1. The number of carbonyl (C=O) groups excluding carboxylic acids is 1. The SMILES string of the molecule is CC(Oc1ccc(F)cc1Br)C(=O)Nc1cnc(-c2cccc(O)c2)nc1. The van der Waals surface area contributed by atoms with Crippen LogP contribution in [0.2, 0.25) is 0 Å². The highest BCUT2D eigenvalue weighted by Gasteiger charge is 2.17. The maximum atomic E-state index is 13.1. The number of rotatable bonds is 5. The minimum Gasteiger partial charge on any atom is -0.508 e. The summed E-state index contributed by atoms with van der Waals surface area (Å²) in [7, 11) is 0. The summed E-state index contributed by atoms with van der Waals surface area (Å²) >= 11 is 3.19. The molecule has 1 unspecified atom stereocenters. The van der Waals surface area contributed by atoms with Gasteiger partial charge in [0, 0.05) is 5.56 Å². The van der Waals surface area contributed by atoms with Gasteiger partial charge in [-0.15, -0.1) is 0 Å². The number of carbonyl (C=O) groups is 1. The molecule has 0 aliphatic rings. The van der Waals surface area contributed by atoms with Gasteiger partial charge in [0.15, 0.2) is 11.9 Å². The molecule has 1 atom stereocenters. The third-order valence-electron chi connectivity index (χ3n) is 3.59. The maximum Gasteiger partial charge on any atom is 0.265 e. The van der Waals surface area contributed by atoms with E-state index in [1.54, 1.807) is 31.2 Å². The van der Waals surface area contributed by atoms with E-state index >= 15 is 0 Å². The van der Waals surface area contributed by atoms with Crippen LogP contribution in [0.15, 0.2) is 59.3 Å². The summed E-state index contributed by atoms with van der Waals surface area (Å²) in [6.07, 6.45) is 2.10. The Morgan fingerprint density at radius 3 is 2.63 bits per heavy atom. The molecule has 0 bridgehead atoms. The molecule has 138 valence electrons. The molecule has 1 aromatic heterocycles. The van der Waals surface area contributed by atoms with Gasteiger partial charge in [-0.1, -0.05) is 12.1 Å².